The van der Waals surface area contributed by atoms with Crippen molar-refractivity contribution in [1.82, 2.24) is 19.4 Å². The normalized spacial score (nSPS) is 16.2. The van der Waals surface area contributed by atoms with Gasteiger partial charge in [-0.25, -0.2) is 13.4 Å². The molecular weight excluding hydrogens is 330 g/mol. The van der Waals surface area contributed by atoms with E-state index < -0.39 is 10.0 Å². The smallest absolute Gasteiger partial charge is 0.244 e. The second-order valence-corrected chi connectivity index (χ2v) is 7.84. The molecule has 0 atom stereocenters. The highest BCUT2D eigenvalue weighted by atomic mass is 32.2. The lowest BCUT2D eigenvalue weighted by atomic mass is 10.2. The van der Waals surface area contributed by atoms with Crippen LogP contribution < -0.4 is 4.90 Å². The van der Waals surface area contributed by atoms with E-state index in [0.29, 0.717) is 37.2 Å². The number of nitrogens with zero attached hydrogens (tertiary/aromatic N) is 5. The summed E-state index contributed by atoms with van der Waals surface area (Å²) in [6.45, 7) is 3.33. The molecule has 0 N–H and O–H groups in total. The van der Waals surface area contributed by atoms with Crippen LogP contribution in [0.5, 0.6) is 0 Å². The van der Waals surface area contributed by atoms with Crippen LogP contribution in [0.3, 0.4) is 0 Å². The third kappa shape index (κ3) is 3.57. The van der Waals surface area contributed by atoms with Crippen molar-refractivity contribution in [3.8, 4) is 0 Å². The van der Waals surface area contributed by atoms with Gasteiger partial charge in [0, 0.05) is 33.3 Å². The molecule has 0 bridgehead atoms. The number of rotatable bonds is 5. The molecule has 2 aromatic heterocycles. The number of pyridine rings is 1. The molecule has 1 aliphatic rings. The Morgan fingerprint density at radius 3 is 2.58 bits per heavy atom. The summed E-state index contributed by atoms with van der Waals surface area (Å²) >= 11 is 0. The van der Waals surface area contributed by atoms with Crippen molar-refractivity contribution in [2.75, 3.05) is 25.0 Å². The van der Waals surface area contributed by atoms with Crippen LogP contribution >= 0.6 is 0 Å². The van der Waals surface area contributed by atoms with Gasteiger partial charge in [0.15, 0.2) is 5.82 Å². The Morgan fingerprint density at radius 2 is 2.00 bits per heavy atom. The van der Waals surface area contributed by atoms with Crippen LogP contribution in [0.4, 0.5) is 5.82 Å². The van der Waals surface area contributed by atoms with Crippen LogP contribution in [0.2, 0.25) is 0 Å². The second-order valence-electron chi connectivity index (χ2n) is 5.90. The van der Waals surface area contributed by atoms with Gasteiger partial charge >= 0.3 is 0 Å². The Morgan fingerprint density at radius 1 is 1.25 bits per heavy atom. The quantitative estimate of drug-likeness (QED) is 0.807. The number of aryl methyl sites for hydroxylation is 1. The summed E-state index contributed by atoms with van der Waals surface area (Å²) in [6, 6.07) is 3.30. The maximum Gasteiger partial charge on any atom is 0.244 e. The van der Waals surface area contributed by atoms with Gasteiger partial charge in [0.2, 0.25) is 15.9 Å². The molecule has 1 fully saturated rings. The van der Waals surface area contributed by atoms with E-state index in [1.165, 1.54) is 6.20 Å². The molecule has 24 heavy (non-hydrogen) atoms. The predicted octanol–water partition coefficient (Wildman–Crippen LogP) is 1.58. The average Bonchev–Trinajstić information content (AvgIpc) is 3.00. The molecule has 1 aliphatic heterocycles. The van der Waals surface area contributed by atoms with Crippen molar-refractivity contribution in [3.05, 3.63) is 30.0 Å². The molecule has 0 amide bonds. The van der Waals surface area contributed by atoms with Crippen molar-refractivity contribution >= 4 is 15.8 Å². The van der Waals surface area contributed by atoms with Gasteiger partial charge in [-0.15, -0.1) is 0 Å². The van der Waals surface area contributed by atoms with Crippen molar-refractivity contribution in [1.29, 1.82) is 0 Å². The summed E-state index contributed by atoms with van der Waals surface area (Å²) < 4.78 is 31.7. The Hall–Kier alpha value is -2.00. The maximum atomic E-state index is 12.6. The topological polar surface area (TPSA) is 92.4 Å². The minimum Gasteiger partial charge on any atom is -0.352 e. The Kier molecular flexibility index (Phi) is 4.81. The molecule has 0 unspecified atom stereocenters. The number of sulfonamides is 1. The number of anilines is 1. The fourth-order valence-electron chi connectivity index (χ4n) is 2.70. The molecule has 2 aromatic rings. The molecule has 1 saturated heterocycles. The van der Waals surface area contributed by atoms with Crippen LogP contribution in [0, 0.1) is 6.92 Å². The van der Waals surface area contributed by atoms with E-state index in [1.54, 1.807) is 23.4 Å². The van der Waals surface area contributed by atoms with Gasteiger partial charge in [0.1, 0.15) is 10.7 Å². The van der Waals surface area contributed by atoms with E-state index >= 15 is 0 Å². The molecule has 3 heterocycles. The average molecular weight is 351 g/mol. The molecule has 0 saturated carbocycles. The van der Waals surface area contributed by atoms with Gasteiger partial charge in [-0.1, -0.05) is 11.6 Å². The van der Waals surface area contributed by atoms with E-state index in [0.717, 1.165) is 19.3 Å². The van der Waals surface area contributed by atoms with Crippen LogP contribution in [-0.2, 0) is 16.6 Å². The van der Waals surface area contributed by atoms with Gasteiger partial charge in [-0.3, -0.25) is 0 Å². The predicted molar refractivity (Wildman–Crippen MR) is 88.0 cm³/mol. The zero-order valence-electron chi connectivity index (χ0n) is 13.8. The SMILES string of the molecule is Cc1nc(CN(C)c2ccc(S(=O)(=O)N3CCCCC3)cn2)no1. The van der Waals surface area contributed by atoms with E-state index in [9.17, 15) is 8.42 Å². The molecule has 0 aromatic carbocycles. The highest BCUT2D eigenvalue weighted by molar-refractivity contribution is 7.89. The molecule has 3 rings (SSSR count). The summed E-state index contributed by atoms with van der Waals surface area (Å²) in [5.74, 6) is 1.71. The van der Waals surface area contributed by atoms with E-state index in [4.69, 9.17) is 4.52 Å². The summed E-state index contributed by atoms with van der Waals surface area (Å²) in [5, 5.41) is 3.84. The summed E-state index contributed by atoms with van der Waals surface area (Å²) in [4.78, 5) is 10.5. The highest BCUT2D eigenvalue weighted by Crippen LogP contribution is 2.21. The maximum absolute atomic E-state index is 12.6. The van der Waals surface area contributed by atoms with Gasteiger partial charge < -0.3 is 9.42 Å². The molecular formula is C15H21N5O3S. The molecule has 130 valence electrons. The molecule has 9 heteroatoms. The van der Waals surface area contributed by atoms with Gasteiger partial charge in [0.05, 0.1) is 6.54 Å². The number of aromatic nitrogens is 3. The molecule has 0 aliphatic carbocycles. The van der Waals surface area contributed by atoms with E-state index in [2.05, 4.69) is 15.1 Å². The lowest BCUT2D eigenvalue weighted by Crippen LogP contribution is -2.35. The van der Waals surface area contributed by atoms with Gasteiger partial charge in [-0.05, 0) is 25.0 Å². The summed E-state index contributed by atoms with van der Waals surface area (Å²) in [7, 11) is -1.61. The highest BCUT2D eigenvalue weighted by Gasteiger charge is 2.26. The standard InChI is InChI=1S/C15H21N5O3S/c1-12-17-14(18-23-12)11-19(2)15-7-6-13(10-16-15)24(21,22)20-8-4-3-5-9-20/h6-7,10H,3-5,8-9,11H2,1-2H3. The van der Waals surface area contributed by atoms with E-state index in [-0.39, 0.29) is 4.90 Å². The third-order valence-electron chi connectivity index (χ3n) is 4.01. The molecule has 8 nitrogen and oxygen atoms in total. The number of hydrogen-bond acceptors (Lipinski definition) is 7. The van der Waals surface area contributed by atoms with Crippen LogP contribution in [0.25, 0.3) is 0 Å². The lowest BCUT2D eigenvalue weighted by Gasteiger charge is -2.26. The van der Waals surface area contributed by atoms with Crippen LogP contribution in [-0.4, -0.2) is 48.0 Å². The van der Waals surface area contributed by atoms with Crippen molar-refractivity contribution in [2.45, 2.75) is 37.6 Å². The molecule has 0 radical (unpaired) electrons. The first-order valence-electron chi connectivity index (χ1n) is 7.93. The number of hydrogen-bond donors (Lipinski definition) is 0. The van der Waals surface area contributed by atoms with Crippen molar-refractivity contribution in [2.24, 2.45) is 0 Å². The van der Waals surface area contributed by atoms with E-state index in [1.807, 2.05) is 11.9 Å². The fraction of sp³-hybridized carbons (Fsp3) is 0.533. The van der Waals surface area contributed by atoms with Gasteiger partial charge in [0.25, 0.3) is 0 Å². The monoisotopic (exact) mass is 351 g/mol. The first-order valence-corrected chi connectivity index (χ1v) is 9.37. The second kappa shape index (κ2) is 6.86. The van der Waals surface area contributed by atoms with Crippen molar-refractivity contribution < 1.29 is 12.9 Å². The summed E-state index contributed by atoms with van der Waals surface area (Å²) in [6.07, 6.45) is 4.33. The molecule has 0 spiro atoms. The zero-order chi connectivity index (χ0) is 17.2. The Bertz CT molecular complexity index is 782. The van der Waals surface area contributed by atoms with Crippen LogP contribution in [0.1, 0.15) is 31.0 Å². The minimum atomic E-state index is -3.45. The largest absolute Gasteiger partial charge is 0.352 e. The minimum absolute atomic E-state index is 0.233. The first kappa shape index (κ1) is 16.8. The van der Waals surface area contributed by atoms with Crippen molar-refractivity contribution in [3.63, 3.8) is 0 Å². The lowest BCUT2D eigenvalue weighted by molar-refractivity contribution is 0.346. The third-order valence-corrected chi connectivity index (χ3v) is 5.90. The summed E-state index contributed by atoms with van der Waals surface area (Å²) in [5.41, 5.74) is 0. The fourth-order valence-corrected chi connectivity index (χ4v) is 4.17. The number of piperidine rings is 1. The first-order chi connectivity index (χ1) is 11.5. The van der Waals surface area contributed by atoms with Crippen LogP contribution in [0.15, 0.2) is 27.7 Å². The Balaban J connectivity index is 1.72. The zero-order valence-corrected chi connectivity index (χ0v) is 14.7. The Labute approximate surface area is 141 Å². The van der Waals surface area contributed by atoms with Gasteiger partial charge in [-0.2, -0.15) is 9.29 Å².